The number of carbonyl (C=O) groups excluding carboxylic acids is 3. The summed E-state index contributed by atoms with van der Waals surface area (Å²) in [5.74, 6) is -0.579. The third kappa shape index (κ3) is 8.21. The molecule has 44 heavy (non-hydrogen) atoms. The molecule has 16 heteroatoms. The van der Waals surface area contributed by atoms with Crippen LogP contribution >= 0.6 is 0 Å². The quantitative estimate of drug-likeness (QED) is 0.348. The number of amides is 4. The maximum Gasteiger partial charge on any atom is 0.416 e. The predicted octanol–water partition coefficient (Wildman–Crippen LogP) is 2.64. The first-order valence-corrected chi connectivity index (χ1v) is 13.7. The second-order valence-corrected chi connectivity index (χ2v) is 10.7. The molecular weight excluding hydrogens is 585 g/mol. The summed E-state index contributed by atoms with van der Waals surface area (Å²) in [5.41, 5.74) is 0.256. The number of nitrogens with one attached hydrogen (secondary N) is 2. The molecule has 13 nitrogen and oxygen atoms in total. The second-order valence-electron chi connectivity index (χ2n) is 10.7. The molecule has 2 heterocycles. The van der Waals surface area contributed by atoms with E-state index in [0.29, 0.717) is 17.0 Å². The van der Waals surface area contributed by atoms with Crippen LogP contribution in [0.15, 0.2) is 48.8 Å². The van der Waals surface area contributed by atoms with E-state index in [-0.39, 0.29) is 50.2 Å². The Bertz CT molecular complexity index is 1450. The molecule has 2 aromatic carbocycles. The van der Waals surface area contributed by atoms with E-state index >= 15 is 0 Å². The summed E-state index contributed by atoms with van der Waals surface area (Å²) in [6, 6.07) is 7.91. The maximum absolute atomic E-state index is 13.4. The first-order chi connectivity index (χ1) is 20.8. The number of tetrazole rings is 1. The minimum atomic E-state index is -4.50. The Hall–Kier alpha value is -4.73. The molecule has 3 aromatic rings. The molecule has 0 saturated heterocycles. The number of rotatable bonds is 8. The minimum Gasteiger partial charge on any atom is -0.488 e. The van der Waals surface area contributed by atoms with Gasteiger partial charge in [0.1, 0.15) is 24.7 Å². The molecule has 0 saturated carbocycles. The van der Waals surface area contributed by atoms with Crippen LogP contribution in [0.1, 0.15) is 25.0 Å². The monoisotopic (exact) mass is 618 g/mol. The van der Waals surface area contributed by atoms with Crippen LogP contribution in [0.4, 0.5) is 29.3 Å². The van der Waals surface area contributed by atoms with Crippen LogP contribution < -0.4 is 15.4 Å². The number of hydrogen-bond acceptors (Lipinski definition) is 8. The van der Waals surface area contributed by atoms with Crippen LogP contribution in [0.2, 0.25) is 0 Å². The van der Waals surface area contributed by atoms with Gasteiger partial charge in [0.15, 0.2) is 0 Å². The Morgan fingerprint density at radius 2 is 1.86 bits per heavy atom. The molecule has 4 amide bonds. The fourth-order valence-electron chi connectivity index (χ4n) is 4.64. The number of urea groups is 1. The van der Waals surface area contributed by atoms with Gasteiger partial charge in [-0.1, -0.05) is 6.92 Å². The van der Waals surface area contributed by atoms with Crippen molar-refractivity contribution in [1.29, 1.82) is 0 Å². The van der Waals surface area contributed by atoms with Crippen LogP contribution in [0.5, 0.6) is 5.75 Å². The number of likely N-dealkylation sites (N-methyl/N-ethyl adjacent to an activating group) is 1. The van der Waals surface area contributed by atoms with Gasteiger partial charge in [-0.3, -0.25) is 9.59 Å². The highest BCUT2D eigenvalue weighted by Crippen LogP contribution is 2.31. The van der Waals surface area contributed by atoms with Crippen LogP contribution in [-0.4, -0.2) is 91.8 Å². The molecule has 1 aliphatic heterocycles. The average molecular weight is 619 g/mol. The van der Waals surface area contributed by atoms with Crippen molar-refractivity contribution in [1.82, 2.24) is 30.0 Å². The largest absolute Gasteiger partial charge is 0.488 e. The molecule has 4 rings (SSSR count). The number of alkyl halides is 3. The summed E-state index contributed by atoms with van der Waals surface area (Å²) in [6.45, 7) is 3.48. The number of halogens is 3. The van der Waals surface area contributed by atoms with E-state index < -0.39 is 35.8 Å². The van der Waals surface area contributed by atoms with Gasteiger partial charge < -0.3 is 30.3 Å². The van der Waals surface area contributed by atoms with Gasteiger partial charge >= 0.3 is 12.2 Å². The molecule has 0 fully saturated rings. The van der Waals surface area contributed by atoms with E-state index in [9.17, 15) is 32.7 Å². The van der Waals surface area contributed by atoms with Crippen molar-refractivity contribution >= 4 is 29.2 Å². The molecule has 3 atom stereocenters. The SMILES string of the molecule is C[C@@H]1CN([C@H](C)CO)C(=O)Cc2cc(NC(=O)Cn3cnnn3)ccc2O[C@H]1CN(C)C(=O)Nc1ccc(C(F)(F)F)cc1. The lowest BCUT2D eigenvalue weighted by Gasteiger charge is -2.34. The molecule has 0 radical (unpaired) electrons. The van der Waals surface area contributed by atoms with E-state index in [0.717, 1.165) is 12.1 Å². The first-order valence-electron chi connectivity index (χ1n) is 13.7. The van der Waals surface area contributed by atoms with Gasteiger partial charge in [0.05, 0.1) is 31.2 Å². The molecule has 0 spiro atoms. The van der Waals surface area contributed by atoms with E-state index in [4.69, 9.17) is 4.74 Å². The Morgan fingerprint density at radius 3 is 2.50 bits per heavy atom. The molecular formula is C28H33F3N8O5. The van der Waals surface area contributed by atoms with E-state index in [1.165, 1.54) is 35.1 Å². The van der Waals surface area contributed by atoms with Gasteiger partial charge in [-0.15, -0.1) is 5.10 Å². The summed E-state index contributed by atoms with van der Waals surface area (Å²) in [7, 11) is 1.52. The van der Waals surface area contributed by atoms with Gasteiger partial charge in [-0.05, 0) is 59.8 Å². The van der Waals surface area contributed by atoms with Gasteiger partial charge in [0, 0.05) is 36.4 Å². The number of aromatic nitrogens is 4. The van der Waals surface area contributed by atoms with E-state index in [2.05, 4.69) is 26.2 Å². The Labute approximate surface area is 251 Å². The highest BCUT2D eigenvalue weighted by Gasteiger charge is 2.32. The van der Waals surface area contributed by atoms with Crippen molar-refractivity contribution in [3.63, 3.8) is 0 Å². The van der Waals surface area contributed by atoms with Gasteiger partial charge in [-0.2, -0.15) is 13.2 Å². The van der Waals surface area contributed by atoms with Crippen LogP contribution in [0, 0.1) is 5.92 Å². The highest BCUT2D eigenvalue weighted by molar-refractivity contribution is 5.91. The molecule has 3 N–H and O–H groups in total. The number of benzene rings is 2. The van der Waals surface area contributed by atoms with Gasteiger partial charge in [0.2, 0.25) is 11.8 Å². The van der Waals surface area contributed by atoms with Crippen molar-refractivity contribution in [2.24, 2.45) is 5.92 Å². The van der Waals surface area contributed by atoms with Gasteiger partial charge in [0.25, 0.3) is 0 Å². The summed E-state index contributed by atoms with van der Waals surface area (Å²) >= 11 is 0. The highest BCUT2D eigenvalue weighted by atomic mass is 19.4. The van der Waals surface area contributed by atoms with Crippen LogP contribution in [0.3, 0.4) is 0 Å². The third-order valence-corrected chi connectivity index (χ3v) is 7.16. The normalized spacial score (nSPS) is 17.8. The smallest absolute Gasteiger partial charge is 0.416 e. The standard InChI is InChI=1S/C28H33F3N8O5/c1-17-12-39(18(2)15-40)26(42)11-19-10-22(33-25(41)14-38-16-32-35-36-38)8-9-23(19)44-24(17)13-37(3)27(43)34-21-6-4-20(5-7-21)28(29,30)31/h4-10,16-18,24,40H,11-15H2,1-3H3,(H,33,41)(H,34,43)/t17-,18-,24+/m1/s1. The molecule has 1 aliphatic rings. The zero-order chi connectivity index (χ0) is 32.0. The number of anilines is 2. The molecule has 1 aromatic heterocycles. The summed E-state index contributed by atoms with van der Waals surface area (Å²) < 4.78 is 46.3. The van der Waals surface area contributed by atoms with E-state index in [1.807, 2.05) is 6.92 Å². The average Bonchev–Trinajstić information content (AvgIpc) is 3.49. The Kier molecular flexibility index (Phi) is 10.0. The molecule has 236 valence electrons. The molecule has 0 bridgehead atoms. The zero-order valence-corrected chi connectivity index (χ0v) is 24.3. The summed E-state index contributed by atoms with van der Waals surface area (Å²) in [6.07, 6.45) is -3.89. The van der Waals surface area contributed by atoms with E-state index in [1.54, 1.807) is 30.0 Å². The van der Waals surface area contributed by atoms with Crippen LogP contribution in [-0.2, 0) is 28.7 Å². The third-order valence-electron chi connectivity index (χ3n) is 7.16. The number of aliphatic hydroxyl groups is 1. The summed E-state index contributed by atoms with van der Waals surface area (Å²) in [4.78, 5) is 41.7. The topological polar surface area (TPSA) is 155 Å². The van der Waals surface area contributed by atoms with Crippen molar-refractivity contribution in [2.75, 3.05) is 37.4 Å². The van der Waals surface area contributed by atoms with Crippen molar-refractivity contribution in [3.05, 3.63) is 59.9 Å². The number of hydrogen-bond donors (Lipinski definition) is 3. The lowest BCUT2D eigenvalue weighted by molar-refractivity contribution is -0.137. The number of fused-ring (bicyclic) bond motifs is 1. The number of nitrogens with zero attached hydrogens (tertiary/aromatic N) is 6. The predicted molar refractivity (Wildman–Crippen MR) is 152 cm³/mol. The maximum atomic E-state index is 13.4. The summed E-state index contributed by atoms with van der Waals surface area (Å²) in [5, 5.41) is 25.8. The fourth-order valence-corrected chi connectivity index (χ4v) is 4.64. The van der Waals surface area contributed by atoms with Gasteiger partial charge in [-0.25, -0.2) is 9.48 Å². The fraction of sp³-hybridized carbons (Fsp3) is 0.429. The lowest BCUT2D eigenvalue weighted by atomic mass is 10.0. The lowest BCUT2D eigenvalue weighted by Crippen LogP contribution is -2.48. The zero-order valence-electron chi connectivity index (χ0n) is 24.3. The van der Waals surface area contributed by atoms with Crippen LogP contribution in [0.25, 0.3) is 0 Å². The van der Waals surface area contributed by atoms with Crippen molar-refractivity contribution < 1.29 is 37.4 Å². The van der Waals surface area contributed by atoms with Crippen molar-refractivity contribution in [3.8, 4) is 5.75 Å². The second kappa shape index (κ2) is 13.7. The number of carbonyl (C=O) groups is 3. The Balaban J connectivity index is 1.53. The molecule has 0 unspecified atom stereocenters. The molecule has 0 aliphatic carbocycles. The number of ether oxygens (including phenoxy) is 1. The minimum absolute atomic E-state index is 0.0625. The first kappa shape index (κ1) is 32.2. The number of aliphatic hydroxyl groups excluding tert-OH is 1. The van der Waals surface area contributed by atoms with Crippen molar-refractivity contribution in [2.45, 2.75) is 45.1 Å². The Morgan fingerprint density at radius 1 is 1.16 bits per heavy atom.